The Morgan fingerprint density at radius 1 is 1.24 bits per heavy atom. The number of ether oxygens (including phenoxy) is 1. The predicted octanol–water partition coefficient (Wildman–Crippen LogP) is 3.63. The molecule has 0 radical (unpaired) electrons. The van der Waals surface area contributed by atoms with Crippen molar-refractivity contribution in [2.24, 2.45) is 5.92 Å². The van der Waals surface area contributed by atoms with E-state index in [1.807, 2.05) is 6.92 Å². The quantitative estimate of drug-likeness (QED) is 0.570. The van der Waals surface area contributed by atoms with Gasteiger partial charge in [-0.25, -0.2) is 14.1 Å². The van der Waals surface area contributed by atoms with Gasteiger partial charge in [-0.3, -0.25) is 14.4 Å². The summed E-state index contributed by atoms with van der Waals surface area (Å²) in [5, 5.41) is 11.3. The minimum Gasteiger partial charge on any atom is -0.427 e. The molecule has 9 nitrogen and oxygen atoms in total. The Morgan fingerprint density at radius 2 is 1.97 bits per heavy atom. The van der Waals surface area contributed by atoms with Crippen LogP contribution in [0.2, 0.25) is 0 Å². The number of fused-ring (bicyclic) bond motifs is 2. The topological polar surface area (TPSA) is 120 Å². The van der Waals surface area contributed by atoms with Crippen LogP contribution in [0.15, 0.2) is 42.5 Å². The molecule has 196 valence electrons. The summed E-state index contributed by atoms with van der Waals surface area (Å²) >= 11 is 0. The van der Waals surface area contributed by atoms with Crippen LogP contribution >= 0.6 is 0 Å². The zero-order valence-corrected chi connectivity index (χ0v) is 20.9. The number of rotatable bonds is 8. The molecule has 3 aliphatic rings. The second-order valence-corrected chi connectivity index (χ2v) is 10.1. The van der Waals surface area contributed by atoms with Crippen LogP contribution in [0, 0.1) is 23.1 Å². The molecule has 1 saturated carbocycles. The van der Waals surface area contributed by atoms with E-state index in [0.29, 0.717) is 23.6 Å². The van der Waals surface area contributed by atoms with Crippen molar-refractivity contribution in [2.45, 2.75) is 57.2 Å². The van der Waals surface area contributed by atoms with Crippen LogP contribution < -0.4 is 5.32 Å². The smallest absolute Gasteiger partial charge is 0.418 e. The number of anilines is 1. The van der Waals surface area contributed by atoms with Crippen LogP contribution in [0.5, 0.6) is 0 Å². The number of nitrogens with zero attached hydrogens (tertiary/aromatic N) is 3. The number of nitriles is 1. The highest BCUT2D eigenvalue weighted by Gasteiger charge is 2.58. The molecule has 1 heterocycles. The highest BCUT2D eigenvalue weighted by Crippen LogP contribution is 2.46. The molecule has 0 aromatic heterocycles. The van der Waals surface area contributed by atoms with Crippen LogP contribution in [-0.4, -0.2) is 46.2 Å². The third-order valence-electron chi connectivity index (χ3n) is 7.56. The number of hydrogen-bond acceptors (Lipinski definition) is 6. The van der Waals surface area contributed by atoms with Gasteiger partial charge in [0, 0.05) is 30.3 Å². The van der Waals surface area contributed by atoms with E-state index < -0.39 is 30.1 Å². The van der Waals surface area contributed by atoms with Gasteiger partial charge in [-0.15, -0.1) is 0 Å². The Hall–Kier alpha value is -4.26. The van der Waals surface area contributed by atoms with Crippen LogP contribution in [-0.2, 0) is 37.7 Å². The van der Waals surface area contributed by atoms with Gasteiger partial charge in [0.2, 0.25) is 17.4 Å². The first kappa shape index (κ1) is 25.4. The normalized spacial score (nSPS) is 20.6. The summed E-state index contributed by atoms with van der Waals surface area (Å²) in [6, 6.07) is 12.5. The number of amides is 4. The molecule has 2 fully saturated rings. The summed E-state index contributed by atoms with van der Waals surface area (Å²) in [5.41, 5.74) is 0.996. The summed E-state index contributed by atoms with van der Waals surface area (Å²) in [6.45, 7) is 1.74. The van der Waals surface area contributed by atoms with Crippen LogP contribution in [0.25, 0.3) is 0 Å². The van der Waals surface area contributed by atoms with Gasteiger partial charge in [0.1, 0.15) is 18.8 Å². The van der Waals surface area contributed by atoms with E-state index in [2.05, 4.69) is 5.32 Å². The summed E-state index contributed by atoms with van der Waals surface area (Å²) in [5.74, 6) is -1.44. The van der Waals surface area contributed by atoms with Crippen molar-refractivity contribution in [3.05, 3.63) is 65.0 Å². The molecule has 1 N–H and O–H groups in total. The predicted molar refractivity (Wildman–Crippen MR) is 133 cm³/mol. The summed E-state index contributed by atoms with van der Waals surface area (Å²) in [6.07, 6.45) is 1.51. The maximum atomic E-state index is 13.6. The number of imide groups is 1. The lowest BCUT2D eigenvalue weighted by molar-refractivity contribution is -0.143. The van der Waals surface area contributed by atoms with Gasteiger partial charge in [0.25, 0.3) is 5.91 Å². The number of carbonyl (C=O) groups excluding carboxylic acids is 4. The molecule has 0 bridgehead atoms. The van der Waals surface area contributed by atoms with E-state index in [1.54, 1.807) is 41.3 Å². The monoisotopic (exact) mass is 518 g/mol. The first-order valence-corrected chi connectivity index (χ1v) is 12.6. The lowest BCUT2D eigenvalue weighted by Crippen LogP contribution is -2.47. The van der Waals surface area contributed by atoms with Gasteiger partial charge in [-0.2, -0.15) is 5.26 Å². The van der Waals surface area contributed by atoms with E-state index in [1.165, 1.54) is 12.1 Å². The van der Waals surface area contributed by atoms with Crippen molar-refractivity contribution < 1.29 is 28.3 Å². The highest BCUT2D eigenvalue weighted by atomic mass is 19.1. The van der Waals surface area contributed by atoms with Crippen molar-refractivity contribution in [1.82, 2.24) is 9.80 Å². The fourth-order valence-corrected chi connectivity index (χ4v) is 5.31. The van der Waals surface area contributed by atoms with E-state index in [0.717, 1.165) is 28.9 Å². The minimum absolute atomic E-state index is 0.0999. The van der Waals surface area contributed by atoms with E-state index in [9.17, 15) is 23.6 Å². The number of carbonyl (C=O) groups is 4. The van der Waals surface area contributed by atoms with Crippen LogP contribution in [0.1, 0.15) is 49.3 Å². The summed E-state index contributed by atoms with van der Waals surface area (Å²) < 4.78 is 19.0. The van der Waals surface area contributed by atoms with E-state index >= 15 is 0 Å². The second-order valence-electron chi connectivity index (χ2n) is 10.1. The molecule has 1 saturated heterocycles. The van der Waals surface area contributed by atoms with Gasteiger partial charge in [0.15, 0.2) is 0 Å². The first-order chi connectivity index (χ1) is 18.2. The molecule has 2 atom stereocenters. The molecule has 1 unspecified atom stereocenters. The Bertz CT molecular complexity index is 1350. The summed E-state index contributed by atoms with van der Waals surface area (Å²) in [4.78, 5) is 54.2. The maximum absolute atomic E-state index is 13.6. The van der Waals surface area contributed by atoms with Crippen molar-refractivity contribution >= 4 is 29.5 Å². The molecule has 38 heavy (non-hydrogen) atoms. The fraction of sp³-hybridized carbons (Fsp3) is 0.393. The minimum atomic E-state index is -1.51. The average Bonchev–Trinajstić information content (AvgIpc) is 3.64. The van der Waals surface area contributed by atoms with Crippen molar-refractivity contribution in [3.63, 3.8) is 0 Å². The fourth-order valence-electron chi connectivity index (χ4n) is 5.31. The second kappa shape index (κ2) is 9.89. The lowest BCUT2D eigenvalue weighted by atomic mass is 9.94. The first-order valence-electron chi connectivity index (χ1n) is 12.6. The zero-order valence-electron chi connectivity index (χ0n) is 20.9. The largest absolute Gasteiger partial charge is 0.427 e. The Morgan fingerprint density at radius 3 is 2.66 bits per heavy atom. The molecule has 2 aromatic carbocycles. The summed E-state index contributed by atoms with van der Waals surface area (Å²) in [7, 11) is 0. The molecule has 1 aliphatic heterocycles. The van der Waals surface area contributed by atoms with Crippen LogP contribution in [0.3, 0.4) is 0 Å². The van der Waals surface area contributed by atoms with Gasteiger partial charge < -0.3 is 15.0 Å². The van der Waals surface area contributed by atoms with Gasteiger partial charge in [0.05, 0.1) is 6.07 Å². The number of nitrogens with one attached hydrogen (secondary N) is 1. The lowest BCUT2D eigenvalue weighted by Gasteiger charge is -2.30. The van der Waals surface area contributed by atoms with Gasteiger partial charge >= 0.3 is 6.09 Å². The molecule has 2 aromatic rings. The zero-order chi connectivity index (χ0) is 27.0. The van der Waals surface area contributed by atoms with Gasteiger partial charge in [-0.1, -0.05) is 18.2 Å². The van der Waals surface area contributed by atoms with E-state index in [4.69, 9.17) is 10.00 Å². The molecule has 1 spiro atoms. The highest BCUT2D eigenvalue weighted by molar-refractivity contribution is 6.06. The average molecular weight is 519 g/mol. The van der Waals surface area contributed by atoms with Crippen LogP contribution in [0.4, 0.5) is 14.9 Å². The Balaban J connectivity index is 1.33. The Kier molecular flexibility index (Phi) is 6.61. The SMILES string of the molecule is C[C@@H](C1CC1)N(Cc1ccc(F)cc1)C(=O)CN1C(=O)OC2(CCc3cc(NC(=O)CC#N)ccc32)C1=O. The van der Waals surface area contributed by atoms with Gasteiger partial charge in [-0.05, 0) is 67.5 Å². The Labute approximate surface area is 219 Å². The van der Waals surface area contributed by atoms with Crippen molar-refractivity contribution in [3.8, 4) is 6.07 Å². The van der Waals surface area contributed by atoms with Crippen molar-refractivity contribution in [2.75, 3.05) is 11.9 Å². The third kappa shape index (κ3) is 4.72. The number of halogens is 1. The van der Waals surface area contributed by atoms with E-state index in [-0.39, 0.29) is 37.2 Å². The molecular weight excluding hydrogens is 491 g/mol. The van der Waals surface area contributed by atoms with Crippen molar-refractivity contribution in [1.29, 1.82) is 5.26 Å². The standard InChI is InChI=1S/C28H27FN4O5/c1-17(19-4-5-19)32(15-18-2-6-21(29)7-3-18)25(35)16-33-26(36)28(38-27(33)37)12-10-20-14-22(8-9-23(20)28)31-24(34)11-13-30/h2-3,6-9,14,17,19H,4-5,10-12,15-16H2,1H3,(H,31,34)/t17-,28?/m0/s1. The molecule has 2 aliphatic carbocycles. The third-order valence-corrected chi connectivity index (χ3v) is 7.56. The number of benzene rings is 2. The number of aryl methyl sites for hydroxylation is 1. The molecular formula is C28H27FN4O5. The molecule has 4 amide bonds. The maximum Gasteiger partial charge on any atom is 0.418 e. The molecule has 5 rings (SSSR count). The number of hydrogen-bond donors (Lipinski definition) is 1. The molecule has 10 heteroatoms.